The van der Waals surface area contributed by atoms with E-state index >= 15 is 0 Å². The zero-order valence-corrected chi connectivity index (χ0v) is 50.1. The lowest BCUT2D eigenvalue weighted by Crippen LogP contribution is -2.30. The molecule has 436 valence electrons. The van der Waals surface area contributed by atoms with Gasteiger partial charge in [-0.2, -0.15) is 0 Å². The quantitative estimate of drug-likeness (QED) is 0.0261. The molecule has 6 heteroatoms. The van der Waals surface area contributed by atoms with E-state index in [1.807, 2.05) is 6.08 Å². The van der Waals surface area contributed by atoms with Crippen LogP contribution >= 0.6 is 0 Å². The molecule has 0 spiro atoms. The summed E-state index contributed by atoms with van der Waals surface area (Å²) in [6.07, 6.45) is 81.3. The first-order valence-corrected chi connectivity index (χ1v) is 32.8. The molecule has 0 rings (SSSR count). The first-order chi connectivity index (χ1) is 37.0. The van der Waals surface area contributed by atoms with Crippen LogP contribution < -0.4 is 0 Å². The first kappa shape index (κ1) is 72.1. The molecule has 0 fully saturated rings. The number of carbonyl (C=O) groups is 3. The number of hydrogen-bond donors (Lipinski definition) is 0. The third-order valence-corrected chi connectivity index (χ3v) is 14.5. The van der Waals surface area contributed by atoms with Crippen LogP contribution in [-0.4, -0.2) is 37.2 Å². The van der Waals surface area contributed by atoms with Crippen molar-refractivity contribution in [2.75, 3.05) is 13.2 Å². The number of hydrogen-bond acceptors (Lipinski definition) is 6. The van der Waals surface area contributed by atoms with Gasteiger partial charge in [0.2, 0.25) is 0 Å². The average Bonchev–Trinajstić information content (AvgIpc) is 3.41. The van der Waals surface area contributed by atoms with Gasteiger partial charge in [-0.25, -0.2) is 0 Å². The van der Waals surface area contributed by atoms with Crippen LogP contribution in [0.25, 0.3) is 0 Å². The summed E-state index contributed by atoms with van der Waals surface area (Å²) in [4.78, 5) is 38.2. The van der Waals surface area contributed by atoms with E-state index in [2.05, 4.69) is 75.5 Å². The van der Waals surface area contributed by atoms with Crippen molar-refractivity contribution in [3.05, 3.63) is 60.8 Å². The summed E-state index contributed by atoms with van der Waals surface area (Å²) in [6.45, 7) is 6.49. The molecule has 0 saturated carbocycles. The molecule has 0 N–H and O–H groups in total. The Balaban J connectivity index is 4.19. The third-order valence-electron chi connectivity index (χ3n) is 14.5. The van der Waals surface area contributed by atoms with Crippen molar-refractivity contribution >= 4 is 17.9 Å². The van der Waals surface area contributed by atoms with Crippen molar-refractivity contribution in [2.24, 2.45) is 0 Å². The maximum Gasteiger partial charge on any atom is 0.306 e. The van der Waals surface area contributed by atoms with Crippen molar-refractivity contribution < 1.29 is 28.6 Å². The summed E-state index contributed by atoms with van der Waals surface area (Å²) in [5.41, 5.74) is 0. The highest BCUT2D eigenvalue weighted by molar-refractivity contribution is 5.71. The maximum atomic E-state index is 12.9. The molecule has 0 bridgehead atoms. The van der Waals surface area contributed by atoms with Crippen LogP contribution in [-0.2, 0) is 28.6 Å². The molecule has 1 unspecified atom stereocenters. The Kier molecular flexibility index (Phi) is 61.2. The van der Waals surface area contributed by atoms with E-state index in [9.17, 15) is 14.4 Å². The van der Waals surface area contributed by atoms with Gasteiger partial charge in [-0.3, -0.25) is 14.4 Å². The van der Waals surface area contributed by atoms with Crippen LogP contribution in [0.15, 0.2) is 60.8 Å². The molecule has 0 aromatic rings. The summed E-state index contributed by atoms with van der Waals surface area (Å²) < 4.78 is 16.8. The van der Waals surface area contributed by atoms with Gasteiger partial charge in [0.15, 0.2) is 6.10 Å². The Morgan fingerprint density at radius 2 is 0.547 bits per heavy atom. The second kappa shape index (κ2) is 63.6. The van der Waals surface area contributed by atoms with Gasteiger partial charge in [0, 0.05) is 19.3 Å². The lowest BCUT2D eigenvalue weighted by Gasteiger charge is -2.18. The number of esters is 3. The zero-order valence-electron chi connectivity index (χ0n) is 50.1. The Hall–Kier alpha value is -2.89. The summed E-state index contributed by atoms with van der Waals surface area (Å²) >= 11 is 0. The summed E-state index contributed by atoms with van der Waals surface area (Å²) in [5.74, 6) is -0.975. The summed E-state index contributed by atoms with van der Waals surface area (Å²) in [5, 5.41) is 0. The minimum absolute atomic E-state index is 0.0966. The van der Waals surface area contributed by atoms with E-state index in [4.69, 9.17) is 14.2 Å². The molecule has 75 heavy (non-hydrogen) atoms. The highest BCUT2D eigenvalue weighted by Crippen LogP contribution is 2.18. The Bertz CT molecular complexity index is 1340. The average molecular weight is 1050 g/mol. The smallest absolute Gasteiger partial charge is 0.306 e. The lowest BCUT2D eigenvalue weighted by atomic mass is 10.0. The van der Waals surface area contributed by atoms with Gasteiger partial charge in [-0.05, 0) is 70.6 Å². The summed E-state index contributed by atoms with van der Waals surface area (Å²) in [7, 11) is 0. The molecule has 0 aromatic carbocycles. The minimum Gasteiger partial charge on any atom is -0.462 e. The second-order valence-electron chi connectivity index (χ2n) is 22.0. The molecule has 0 radical (unpaired) electrons. The van der Waals surface area contributed by atoms with Crippen molar-refractivity contribution in [1.82, 2.24) is 0 Å². The minimum atomic E-state index is -0.806. The van der Waals surface area contributed by atoms with Gasteiger partial charge in [0.1, 0.15) is 13.2 Å². The van der Waals surface area contributed by atoms with Gasteiger partial charge in [0.25, 0.3) is 0 Å². The van der Waals surface area contributed by atoms with Crippen LogP contribution in [0.2, 0.25) is 0 Å². The van der Waals surface area contributed by atoms with Crippen molar-refractivity contribution in [3.63, 3.8) is 0 Å². The fraction of sp³-hybridized carbons (Fsp3) is 0.812. The highest BCUT2D eigenvalue weighted by atomic mass is 16.6. The molecule has 0 heterocycles. The van der Waals surface area contributed by atoms with E-state index in [1.54, 1.807) is 0 Å². The molecule has 1 atom stereocenters. The fourth-order valence-corrected chi connectivity index (χ4v) is 9.63. The Labute approximate surface area is 466 Å². The molecule has 0 aliphatic carbocycles. The van der Waals surface area contributed by atoms with E-state index < -0.39 is 6.10 Å². The number of allylic oxidation sites excluding steroid dienone is 10. The normalized spacial score (nSPS) is 12.4. The van der Waals surface area contributed by atoms with Gasteiger partial charge >= 0.3 is 17.9 Å². The maximum absolute atomic E-state index is 12.9. The SMILES string of the molecule is CC/C=C\C/C=C\C/C=C\C/C=C\CCC(=O)OCC(COC(=O)CCCCCCCCCCCCCCCCCCCCCCCCCCCCCCC)OC(=O)CCCCCCC/C=C\CCCCCCCC. The van der Waals surface area contributed by atoms with E-state index in [1.165, 1.54) is 218 Å². The first-order valence-electron chi connectivity index (χ1n) is 32.8. The predicted molar refractivity (Wildman–Crippen MR) is 325 cm³/mol. The van der Waals surface area contributed by atoms with Gasteiger partial charge in [0.05, 0.1) is 0 Å². The number of rotatable bonds is 60. The number of carbonyl (C=O) groups excluding carboxylic acids is 3. The van der Waals surface area contributed by atoms with E-state index in [0.29, 0.717) is 19.3 Å². The third kappa shape index (κ3) is 61.8. The molecule has 0 saturated heterocycles. The summed E-state index contributed by atoms with van der Waals surface area (Å²) in [6, 6.07) is 0. The van der Waals surface area contributed by atoms with E-state index in [-0.39, 0.29) is 37.5 Å². The molecule has 0 aliphatic heterocycles. The molecular formula is C69H124O6. The van der Waals surface area contributed by atoms with Crippen molar-refractivity contribution in [3.8, 4) is 0 Å². The topological polar surface area (TPSA) is 78.9 Å². The molecule has 0 amide bonds. The second-order valence-corrected chi connectivity index (χ2v) is 22.0. The zero-order chi connectivity index (χ0) is 54.3. The lowest BCUT2D eigenvalue weighted by molar-refractivity contribution is -0.166. The molecular weight excluding hydrogens is 925 g/mol. The number of unbranched alkanes of at least 4 members (excludes halogenated alkanes) is 39. The Morgan fingerprint density at radius 3 is 0.893 bits per heavy atom. The van der Waals surface area contributed by atoms with Gasteiger partial charge in [-0.1, -0.05) is 313 Å². The molecule has 0 aromatic heterocycles. The van der Waals surface area contributed by atoms with Crippen LogP contribution in [0, 0.1) is 0 Å². The van der Waals surface area contributed by atoms with Crippen LogP contribution in [0.1, 0.15) is 342 Å². The highest BCUT2D eigenvalue weighted by Gasteiger charge is 2.19. The van der Waals surface area contributed by atoms with Gasteiger partial charge in [-0.15, -0.1) is 0 Å². The Morgan fingerprint density at radius 1 is 0.280 bits per heavy atom. The van der Waals surface area contributed by atoms with Crippen LogP contribution in [0.3, 0.4) is 0 Å². The van der Waals surface area contributed by atoms with Crippen LogP contribution in [0.5, 0.6) is 0 Å². The van der Waals surface area contributed by atoms with Crippen LogP contribution in [0.4, 0.5) is 0 Å². The van der Waals surface area contributed by atoms with Gasteiger partial charge < -0.3 is 14.2 Å². The number of ether oxygens (including phenoxy) is 3. The molecule has 6 nitrogen and oxygen atoms in total. The predicted octanol–water partition coefficient (Wildman–Crippen LogP) is 22.3. The standard InChI is InChI=1S/C69H124O6/c1-4-7-10-13-16-19-22-25-27-28-29-30-31-32-33-34-35-36-37-38-39-40-42-44-47-50-53-56-59-62-68(71)74-65-66(64-73-67(70)61-58-55-52-49-46-43-24-21-18-15-12-9-6-3)75-69(72)63-60-57-54-51-48-45-41-26-23-20-17-14-11-8-5-2/h9,12,18,21,26,41,43,46,52,55,66H,4-8,10-11,13-17,19-20,22-25,27-40,42,44-45,47-51,53-54,56-65H2,1-3H3/b12-9-,21-18-,41-26-,46-43-,55-52-. The van der Waals surface area contributed by atoms with Crippen molar-refractivity contribution in [2.45, 2.75) is 348 Å². The fourth-order valence-electron chi connectivity index (χ4n) is 9.63. The van der Waals surface area contributed by atoms with E-state index in [0.717, 1.165) is 77.0 Å². The monoisotopic (exact) mass is 1050 g/mol. The molecule has 0 aliphatic rings. The largest absolute Gasteiger partial charge is 0.462 e. The van der Waals surface area contributed by atoms with Crippen molar-refractivity contribution in [1.29, 1.82) is 0 Å².